The van der Waals surface area contributed by atoms with Gasteiger partial charge in [-0.15, -0.1) is 24.8 Å². The highest BCUT2D eigenvalue weighted by molar-refractivity contribution is 5.85. The summed E-state index contributed by atoms with van der Waals surface area (Å²) < 4.78 is 0. The van der Waals surface area contributed by atoms with Gasteiger partial charge in [-0.05, 0) is 13.8 Å². The van der Waals surface area contributed by atoms with Crippen LogP contribution in [0.2, 0.25) is 0 Å². The fourth-order valence-corrected chi connectivity index (χ4v) is 0.149. The molecule has 0 atom stereocenters. The SMILES string of the molecule is CC(C)N/N=N/N.Cl.Cl. The molecule has 0 bridgehead atoms. The molecule has 0 amide bonds. The summed E-state index contributed by atoms with van der Waals surface area (Å²) in [4.78, 5) is 0. The number of nitrogens with one attached hydrogen (secondary N) is 1. The van der Waals surface area contributed by atoms with Gasteiger partial charge in [-0.1, -0.05) is 10.4 Å². The van der Waals surface area contributed by atoms with Crippen LogP contribution in [0.4, 0.5) is 0 Å². The molecule has 0 saturated carbocycles. The molecular formula is C3H12Cl2N4. The zero-order chi connectivity index (χ0) is 5.70. The van der Waals surface area contributed by atoms with Crippen molar-refractivity contribution in [2.24, 2.45) is 16.3 Å². The molecule has 0 heterocycles. The maximum atomic E-state index is 4.67. The van der Waals surface area contributed by atoms with Gasteiger partial charge < -0.3 is 5.84 Å². The Morgan fingerprint density at radius 3 is 1.89 bits per heavy atom. The number of hydrogen-bond donors (Lipinski definition) is 2. The minimum absolute atomic E-state index is 0. The standard InChI is InChI=1S/C3H10N4.2ClH/c1-3(2)5-7-6-4;;/h3H,1-2H3,(H2,4,7)(H,5,6);2*1H. The normalized spacial score (nSPS) is 8.33. The molecule has 0 radical (unpaired) electrons. The van der Waals surface area contributed by atoms with Crippen molar-refractivity contribution in [2.75, 3.05) is 0 Å². The van der Waals surface area contributed by atoms with E-state index < -0.39 is 0 Å². The molecule has 4 nitrogen and oxygen atoms in total. The van der Waals surface area contributed by atoms with E-state index in [-0.39, 0.29) is 24.8 Å². The molecule has 0 aromatic heterocycles. The predicted molar refractivity (Wildman–Crippen MR) is 41.8 cm³/mol. The van der Waals surface area contributed by atoms with Crippen LogP contribution in [-0.2, 0) is 0 Å². The van der Waals surface area contributed by atoms with E-state index in [9.17, 15) is 0 Å². The topological polar surface area (TPSA) is 62.8 Å². The minimum Gasteiger partial charge on any atom is -0.303 e. The van der Waals surface area contributed by atoms with Crippen molar-refractivity contribution in [1.29, 1.82) is 0 Å². The third-order valence-corrected chi connectivity index (χ3v) is 0.374. The molecule has 0 aliphatic carbocycles. The smallest absolute Gasteiger partial charge is 0.0401 e. The summed E-state index contributed by atoms with van der Waals surface area (Å²) in [6.45, 7) is 3.91. The Morgan fingerprint density at radius 1 is 1.33 bits per heavy atom. The fourth-order valence-electron chi connectivity index (χ4n) is 0.149. The molecule has 0 fully saturated rings. The van der Waals surface area contributed by atoms with Crippen molar-refractivity contribution in [3.05, 3.63) is 0 Å². The third kappa shape index (κ3) is 18.2. The number of nitrogens with two attached hydrogens (primary N) is 1. The van der Waals surface area contributed by atoms with Gasteiger partial charge in [-0.3, -0.25) is 5.43 Å². The van der Waals surface area contributed by atoms with Crippen LogP contribution in [0.1, 0.15) is 13.8 Å². The van der Waals surface area contributed by atoms with E-state index in [0.29, 0.717) is 6.04 Å². The van der Waals surface area contributed by atoms with E-state index in [1.54, 1.807) is 0 Å². The van der Waals surface area contributed by atoms with Crippen molar-refractivity contribution in [1.82, 2.24) is 5.43 Å². The van der Waals surface area contributed by atoms with Crippen LogP contribution in [0.3, 0.4) is 0 Å². The largest absolute Gasteiger partial charge is 0.303 e. The fraction of sp³-hybridized carbons (Fsp3) is 1.00. The summed E-state index contributed by atoms with van der Waals surface area (Å²) in [5.74, 6) is 4.67. The highest BCUT2D eigenvalue weighted by Crippen LogP contribution is 1.72. The Labute approximate surface area is 67.1 Å². The summed E-state index contributed by atoms with van der Waals surface area (Å²) >= 11 is 0. The Hall–Kier alpha value is -0.220. The van der Waals surface area contributed by atoms with Crippen LogP contribution in [0.25, 0.3) is 0 Å². The molecule has 0 spiro atoms. The molecule has 0 aliphatic heterocycles. The van der Waals surface area contributed by atoms with Gasteiger partial charge in [0.25, 0.3) is 0 Å². The van der Waals surface area contributed by atoms with Crippen LogP contribution >= 0.6 is 24.8 Å². The van der Waals surface area contributed by atoms with Crippen molar-refractivity contribution in [2.45, 2.75) is 19.9 Å². The first-order valence-corrected chi connectivity index (χ1v) is 2.13. The molecule has 9 heavy (non-hydrogen) atoms. The van der Waals surface area contributed by atoms with Gasteiger partial charge in [0.05, 0.1) is 0 Å². The number of nitrogens with zero attached hydrogens (tertiary/aromatic N) is 2. The lowest BCUT2D eigenvalue weighted by Gasteiger charge is -1.97. The van der Waals surface area contributed by atoms with E-state index in [0.717, 1.165) is 0 Å². The van der Waals surface area contributed by atoms with Gasteiger partial charge in [0.1, 0.15) is 0 Å². The van der Waals surface area contributed by atoms with E-state index in [2.05, 4.69) is 21.7 Å². The molecule has 58 valence electrons. The minimum atomic E-state index is 0. The summed E-state index contributed by atoms with van der Waals surface area (Å²) in [5, 5.41) is 6.31. The zero-order valence-corrected chi connectivity index (χ0v) is 7.00. The quantitative estimate of drug-likeness (QED) is 0.374. The Bertz CT molecular complexity index is 64.8. The van der Waals surface area contributed by atoms with Crippen molar-refractivity contribution in [3.63, 3.8) is 0 Å². The Kier molecular flexibility index (Phi) is 18.9. The van der Waals surface area contributed by atoms with Gasteiger partial charge >= 0.3 is 0 Å². The molecular weight excluding hydrogens is 163 g/mol. The van der Waals surface area contributed by atoms with Gasteiger partial charge in [0, 0.05) is 6.04 Å². The van der Waals surface area contributed by atoms with E-state index in [1.165, 1.54) is 0 Å². The zero-order valence-electron chi connectivity index (χ0n) is 5.37. The summed E-state index contributed by atoms with van der Waals surface area (Å²) in [5.41, 5.74) is 2.63. The van der Waals surface area contributed by atoms with Crippen LogP contribution < -0.4 is 11.3 Å². The average molecular weight is 175 g/mol. The van der Waals surface area contributed by atoms with E-state index in [1.807, 2.05) is 13.8 Å². The second kappa shape index (κ2) is 10.7. The maximum absolute atomic E-state index is 4.67. The second-order valence-corrected chi connectivity index (χ2v) is 1.50. The molecule has 0 aromatic rings. The lowest BCUT2D eigenvalue weighted by atomic mass is 10.4. The lowest BCUT2D eigenvalue weighted by molar-refractivity contribution is 0.582. The monoisotopic (exact) mass is 174 g/mol. The predicted octanol–water partition coefficient (Wildman–Crippen LogP) is 1.07. The Morgan fingerprint density at radius 2 is 1.78 bits per heavy atom. The first-order chi connectivity index (χ1) is 3.27. The highest BCUT2D eigenvalue weighted by Gasteiger charge is 1.82. The van der Waals surface area contributed by atoms with Gasteiger partial charge in [-0.25, -0.2) is 0 Å². The lowest BCUT2D eigenvalue weighted by Crippen LogP contribution is -2.15. The first-order valence-electron chi connectivity index (χ1n) is 2.13. The summed E-state index contributed by atoms with van der Waals surface area (Å²) in [6.07, 6.45) is 0. The van der Waals surface area contributed by atoms with E-state index in [4.69, 9.17) is 0 Å². The van der Waals surface area contributed by atoms with Crippen molar-refractivity contribution < 1.29 is 0 Å². The molecule has 3 N–H and O–H groups in total. The third-order valence-electron chi connectivity index (χ3n) is 0.374. The first kappa shape index (κ1) is 15.9. The number of hydrogen-bond acceptors (Lipinski definition) is 2. The molecule has 0 unspecified atom stereocenters. The second-order valence-electron chi connectivity index (χ2n) is 1.50. The number of halogens is 2. The van der Waals surface area contributed by atoms with Crippen LogP contribution in [0, 0.1) is 0 Å². The summed E-state index contributed by atoms with van der Waals surface area (Å²) in [7, 11) is 0. The molecule has 0 rings (SSSR count). The van der Waals surface area contributed by atoms with Crippen LogP contribution in [-0.4, -0.2) is 6.04 Å². The highest BCUT2D eigenvalue weighted by atomic mass is 35.5. The van der Waals surface area contributed by atoms with Crippen molar-refractivity contribution >= 4 is 24.8 Å². The molecule has 0 saturated heterocycles. The van der Waals surface area contributed by atoms with Crippen LogP contribution in [0.15, 0.2) is 10.4 Å². The van der Waals surface area contributed by atoms with Gasteiger partial charge in [-0.2, -0.15) is 0 Å². The van der Waals surface area contributed by atoms with Crippen LogP contribution in [0.5, 0.6) is 0 Å². The molecule has 0 aromatic carbocycles. The average Bonchev–Trinajstić information content (AvgIpc) is 1.61. The molecule has 0 aliphatic rings. The van der Waals surface area contributed by atoms with Gasteiger partial charge in [0.2, 0.25) is 0 Å². The molecule has 6 heteroatoms. The Balaban J connectivity index is -0.000000180. The maximum Gasteiger partial charge on any atom is 0.0401 e. The summed E-state index contributed by atoms with van der Waals surface area (Å²) in [6, 6.07) is 0.312. The van der Waals surface area contributed by atoms with E-state index >= 15 is 0 Å². The van der Waals surface area contributed by atoms with Crippen molar-refractivity contribution in [3.8, 4) is 0 Å². The number of rotatable bonds is 2. The van der Waals surface area contributed by atoms with Gasteiger partial charge in [0.15, 0.2) is 0 Å².